The van der Waals surface area contributed by atoms with Gasteiger partial charge in [-0.25, -0.2) is 0 Å². The molecule has 8 heteroatoms. The summed E-state index contributed by atoms with van der Waals surface area (Å²) in [6, 6.07) is 4.47. The Morgan fingerprint density at radius 2 is 1.92 bits per heavy atom. The minimum Gasteiger partial charge on any atom is -0.406 e. The monoisotopic (exact) mass is 372 g/mol. The smallest absolute Gasteiger partial charge is 0.406 e. The Balaban J connectivity index is 2.00. The van der Waals surface area contributed by atoms with E-state index in [1.165, 1.54) is 24.3 Å². The van der Waals surface area contributed by atoms with Gasteiger partial charge in [-0.1, -0.05) is 19.1 Å². The van der Waals surface area contributed by atoms with E-state index in [1.807, 2.05) is 0 Å². The maximum absolute atomic E-state index is 12.6. The molecular formula is C18H23F3N2O3. The standard InChI is InChI=1S/C18H23F3N2O3/c1-3-16(24)23-11-5-4-6-15(23)17(25)22-12(2)13-7-9-14(10-8-13)26-18(19,20)21/h7-10,12,15H,3-6,11H2,1-2H3,(H,22,25). The van der Waals surface area contributed by atoms with Crippen molar-refractivity contribution in [1.82, 2.24) is 10.2 Å². The summed E-state index contributed by atoms with van der Waals surface area (Å²) in [5.74, 6) is -0.604. The molecule has 5 nitrogen and oxygen atoms in total. The highest BCUT2D eigenvalue weighted by Gasteiger charge is 2.32. The van der Waals surface area contributed by atoms with Crippen LogP contribution in [0.25, 0.3) is 0 Å². The van der Waals surface area contributed by atoms with E-state index in [1.54, 1.807) is 18.7 Å². The Kier molecular flexibility index (Phi) is 6.50. The molecule has 1 N–H and O–H groups in total. The summed E-state index contributed by atoms with van der Waals surface area (Å²) in [6.45, 7) is 4.08. The Morgan fingerprint density at radius 3 is 2.50 bits per heavy atom. The molecule has 1 heterocycles. The number of nitrogens with one attached hydrogen (secondary N) is 1. The second kappa shape index (κ2) is 8.42. The van der Waals surface area contributed by atoms with E-state index in [-0.39, 0.29) is 17.6 Å². The molecule has 1 aromatic carbocycles. The summed E-state index contributed by atoms with van der Waals surface area (Å²) in [5, 5.41) is 2.85. The van der Waals surface area contributed by atoms with Crippen molar-refractivity contribution in [3.63, 3.8) is 0 Å². The minimum absolute atomic E-state index is 0.0499. The molecule has 1 aliphatic heterocycles. The summed E-state index contributed by atoms with van der Waals surface area (Å²) >= 11 is 0. The zero-order valence-corrected chi connectivity index (χ0v) is 14.8. The van der Waals surface area contributed by atoms with Crippen LogP contribution in [-0.2, 0) is 9.59 Å². The predicted octanol–water partition coefficient (Wildman–Crippen LogP) is 3.55. The third kappa shape index (κ3) is 5.37. The van der Waals surface area contributed by atoms with E-state index in [0.717, 1.165) is 12.8 Å². The van der Waals surface area contributed by atoms with E-state index in [2.05, 4.69) is 10.1 Å². The van der Waals surface area contributed by atoms with E-state index in [4.69, 9.17) is 0 Å². The average molecular weight is 372 g/mol. The Labute approximate surface area is 150 Å². The molecule has 1 fully saturated rings. The molecule has 0 radical (unpaired) electrons. The van der Waals surface area contributed by atoms with Gasteiger partial charge < -0.3 is 15.0 Å². The second-order valence-electron chi connectivity index (χ2n) is 6.30. The van der Waals surface area contributed by atoms with Gasteiger partial charge in [0, 0.05) is 13.0 Å². The van der Waals surface area contributed by atoms with Gasteiger partial charge in [0.1, 0.15) is 11.8 Å². The number of piperidine rings is 1. The summed E-state index contributed by atoms with van der Waals surface area (Å²) in [4.78, 5) is 26.2. The highest BCUT2D eigenvalue weighted by Crippen LogP contribution is 2.25. The molecule has 2 rings (SSSR count). The molecule has 1 aliphatic rings. The third-order valence-electron chi connectivity index (χ3n) is 4.40. The molecule has 0 bridgehead atoms. The van der Waals surface area contributed by atoms with Gasteiger partial charge in [0.2, 0.25) is 11.8 Å². The molecule has 2 unspecified atom stereocenters. The number of ether oxygens (including phenoxy) is 1. The number of carbonyl (C=O) groups is 2. The van der Waals surface area contributed by atoms with Crippen molar-refractivity contribution in [3.05, 3.63) is 29.8 Å². The van der Waals surface area contributed by atoms with Crippen LogP contribution in [0.15, 0.2) is 24.3 Å². The van der Waals surface area contributed by atoms with Crippen molar-refractivity contribution in [3.8, 4) is 5.75 Å². The molecule has 0 aromatic heterocycles. The lowest BCUT2D eigenvalue weighted by Gasteiger charge is -2.35. The number of hydrogen-bond donors (Lipinski definition) is 1. The van der Waals surface area contributed by atoms with Crippen molar-refractivity contribution >= 4 is 11.8 Å². The number of likely N-dealkylation sites (tertiary alicyclic amines) is 1. The number of benzene rings is 1. The van der Waals surface area contributed by atoms with Crippen LogP contribution in [0.1, 0.15) is 51.1 Å². The molecule has 2 atom stereocenters. The zero-order valence-electron chi connectivity index (χ0n) is 14.8. The number of halogens is 3. The van der Waals surface area contributed by atoms with Gasteiger partial charge in [0.15, 0.2) is 0 Å². The van der Waals surface area contributed by atoms with Crippen molar-refractivity contribution in [2.24, 2.45) is 0 Å². The number of amides is 2. The molecule has 0 spiro atoms. The lowest BCUT2D eigenvalue weighted by Crippen LogP contribution is -2.52. The maximum Gasteiger partial charge on any atom is 0.573 e. The van der Waals surface area contributed by atoms with Crippen molar-refractivity contribution < 1.29 is 27.5 Å². The first kappa shape index (κ1) is 20.1. The van der Waals surface area contributed by atoms with Gasteiger partial charge >= 0.3 is 6.36 Å². The summed E-state index contributed by atoms with van der Waals surface area (Å²) in [5.41, 5.74) is 0.650. The van der Waals surface area contributed by atoms with Gasteiger partial charge in [-0.3, -0.25) is 9.59 Å². The number of rotatable bonds is 5. The van der Waals surface area contributed by atoms with Gasteiger partial charge in [0.05, 0.1) is 6.04 Å². The van der Waals surface area contributed by atoms with Crippen LogP contribution in [0.2, 0.25) is 0 Å². The fourth-order valence-corrected chi connectivity index (χ4v) is 3.06. The molecule has 1 saturated heterocycles. The first-order valence-electron chi connectivity index (χ1n) is 8.67. The van der Waals surface area contributed by atoms with E-state index in [9.17, 15) is 22.8 Å². The molecule has 0 saturated carbocycles. The number of carbonyl (C=O) groups excluding carboxylic acids is 2. The Bertz CT molecular complexity index is 632. The zero-order chi connectivity index (χ0) is 19.3. The first-order valence-corrected chi connectivity index (χ1v) is 8.67. The normalized spacial score (nSPS) is 19.0. The lowest BCUT2D eigenvalue weighted by atomic mass is 10.00. The van der Waals surface area contributed by atoms with E-state index >= 15 is 0 Å². The van der Waals surface area contributed by atoms with Crippen LogP contribution >= 0.6 is 0 Å². The average Bonchev–Trinajstić information content (AvgIpc) is 2.60. The first-order chi connectivity index (χ1) is 12.2. The molecular weight excluding hydrogens is 349 g/mol. The van der Waals surface area contributed by atoms with Gasteiger partial charge in [-0.2, -0.15) is 0 Å². The van der Waals surface area contributed by atoms with Crippen LogP contribution in [0.5, 0.6) is 5.75 Å². The highest BCUT2D eigenvalue weighted by atomic mass is 19.4. The van der Waals surface area contributed by atoms with Crippen LogP contribution < -0.4 is 10.1 Å². The van der Waals surface area contributed by atoms with Crippen LogP contribution in [0, 0.1) is 0 Å². The molecule has 2 amide bonds. The fourth-order valence-electron chi connectivity index (χ4n) is 3.06. The second-order valence-corrected chi connectivity index (χ2v) is 6.30. The molecule has 144 valence electrons. The predicted molar refractivity (Wildman–Crippen MR) is 89.3 cm³/mol. The number of hydrogen-bond acceptors (Lipinski definition) is 3. The highest BCUT2D eigenvalue weighted by molar-refractivity contribution is 5.88. The fraction of sp³-hybridized carbons (Fsp3) is 0.556. The largest absolute Gasteiger partial charge is 0.573 e. The molecule has 1 aromatic rings. The van der Waals surface area contributed by atoms with Crippen molar-refractivity contribution in [2.45, 2.75) is 58.0 Å². The lowest BCUT2D eigenvalue weighted by molar-refractivity contribution is -0.274. The third-order valence-corrected chi connectivity index (χ3v) is 4.40. The topological polar surface area (TPSA) is 58.6 Å². The summed E-state index contributed by atoms with van der Waals surface area (Å²) in [6.07, 6.45) is -2.02. The summed E-state index contributed by atoms with van der Waals surface area (Å²) in [7, 11) is 0. The summed E-state index contributed by atoms with van der Waals surface area (Å²) < 4.78 is 40.4. The SMILES string of the molecule is CCC(=O)N1CCCCC1C(=O)NC(C)c1ccc(OC(F)(F)F)cc1. The van der Waals surface area contributed by atoms with Gasteiger partial charge in [-0.15, -0.1) is 13.2 Å². The van der Waals surface area contributed by atoms with Crippen LogP contribution in [-0.4, -0.2) is 35.7 Å². The van der Waals surface area contributed by atoms with E-state index in [0.29, 0.717) is 24.9 Å². The van der Waals surface area contributed by atoms with Gasteiger partial charge in [0.25, 0.3) is 0 Å². The quantitative estimate of drug-likeness (QED) is 0.860. The van der Waals surface area contributed by atoms with Crippen LogP contribution in [0.4, 0.5) is 13.2 Å². The Morgan fingerprint density at radius 1 is 1.27 bits per heavy atom. The molecule has 0 aliphatic carbocycles. The van der Waals surface area contributed by atoms with Crippen molar-refractivity contribution in [1.29, 1.82) is 0 Å². The molecule has 26 heavy (non-hydrogen) atoms. The van der Waals surface area contributed by atoms with E-state index < -0.39 is 18.4 Å². The van der Waals surface area contributed by atoms with Crippen molar-refractivity contribution in [2.75, 3.05) is 6.54 Å². The van der Waals surface area contributed by atoms with Gasteiger partial charge in [-0.05, 0) is 43.9 Å². The Hall–Kier alpha value is -2.25. The van der Waals surface area contributed by atoms with Crippen LogP contribution in [0.3, 0.4) is 0 Å². The minimum atomic E-state index is -4.74. The maximum atomic E-state index is 12.6. The number of alkyl halides is 3. The number of nitrogens with zero attached hydrogens (tertiary/aromatic N) is 1.